The van der Waals surface area contributed by atoms with Gasteiger partial charge in [0.15, 0.2) is 0 Å². The number of pyridine rings is 2. The lowest BCUT2D eigenvalue weighted by atomic mass is 9.88. The molecule has 4 amide bonds. The Morgan fingerprint density at radius 1 is 1.02 bits per heavy atom. The van der Waals surface area contributed by atoms with Gasteiger partial charge in [-0.2, -0.15) is 0 Å². The van der Waals surface area contributed by atoms with Crippen molar-refractivity contribution >= 4 is 44.9 Å². The predicted octanol–water partition coefficient (Wildman–Crippen LogP) is 4.04. The Morgan fingerprint density at radius 3 is 2.54 bits per heavy atom. The highest BCUT2D eigenvalue weighted by atomic mass is 32.2. The van der Waals surface area contributed by atoms with Gasteiger partial charge in [0.1, 0.15) is 35.1 Å². The minimum atomic E-state index is -3.99. The summed E-state index contributed by atoms with van der Waals surface area (Å²) in [4.78, 5) is 67.6. The third kappa shape index (κ3) is 7.17. The molecule has 3 N–H and O–H groups in total. The van der Waals surface area contributed by atoms with Crippen molar-refractivity contribution in [2.75, 3.05) is 13.7 Å². The first-order valence-corrected chi connectivity index (χ1v) is 21.6. The molecular formula is C40H52N6O9S. The Labute approximate surface area is 327 Å². The molecule has 0 radical (unpaired) electrons. The van der Waals surface area contributed by atoms with Crippen LogP contribution in [0.3, 0.4) is 0 Å². The maximum Gasteiger partial charge on any atom is 0.408 e. The van der Waals surface area contributed by atoms with E-state index in [2.05, 4.69) is 20.3 Å². The average Bonchev–Trinajstić information content (AvgIpc) is 3.96. The average molecular weight is 793 g/mol. The number of hydrogen-bond donors (Lipinski definition) is 3. The maximum absolute atomic E-state index is 14.8. The van der Waals surface area contributed by atoms with Gasteiger partial charge in [-0.15, -0.1) is 0 Å². The van der Waals surface area contributed by atoms with Crippen molar-refractivity contribution in [3.05, 3.63) is 35.5 Å². The van der Waals surface area contributed by atoms with Crippen LogP contribution < -0.4 is 24.8 Å². The van der Waals surface area contributed by atoms with Gasteiger partial charge in [-0.1, -0.05) is 25.0 Å². The van der Waals surface area contributed by atoms with Crippen LogP contribution in [0.5, 0.6) is 11.6 Å². The Bertz CT molecular complexity index is 2080. The first-order chi connectivity index (χ1) is 26.8. The molecule has 5 heterocycles. The van der Waals surface area contributed by atoms with E-state index < -0.39 is 67.7 Å². The number of carbonyl (C=O) groups is 4. The molecule has 1 spiro atoms. The summed E-state index contributed by atoms with van der Waals surface area (Å²) in [6.45, 7) is 3.49. The molecule has 0 bridgehead atoms. The minimum absolute atomic E-state index is 0.0392. The van der Waals surface area contributed by atoms with Crippen LogP contribution in [0.1, 0.15) is 108 Å². The summed E-state index contributed by atoms with van der Waals surface area (Å²) in [5.41, 5.74) is 0.336. The summed E-state index contributed by atoms with van der Waals surface area (Å²) in [5.74, 6) is -1.26. The highest BCUT2D eigenvalue weighted by molar-refractivity contribution is 7.91. The second-order valence-electron chi connectivity index (χ2n) is 16.9. The van der Waals surface area contributed by atoms with Crippen LogP contribution >= 0.6 is 0 Å². The number of nitrogens with zero attached hydrogens (tertiary/aromatic N) is 3. The topological polar surface area (TPSA) is 195 Å². The largest absolute Gasteiger partial charge is 0.483 e. The molecule has 3 aliphatic heterocycles. The summed E-state index contributed by atoms with van der Waals surface area (Å²) in [7, 11) is -2.44. The van der Waals surface area contributed by atoms with E-state index in [9.17, 15) is 27.6 Å². The van der Waals surface area contributed by atoms with Gasteiger partial charge in [-0.3, -0.25) is 19.1 Å². The maximum atomic E-state index is 14.8. The minimum Gasteiger partial charge on any atom is -0.483 e. The summed E-state index contributed by atoms with van der Waals surface area (Å²) >= 11 is 0. The van der Waals surface area contributed by atoms with Gasteiger partial charge in [0.25, 0.3) is 5.91 Å². The number of methoxy groups -OCH3 is 1. The number of sulfonamides is 1. The molecule has 16 heteroatoms. The lowest BCUT2D eigenvalue weighted by molar-refractivity contribution is -0.141. The number of ether oxygens (including phenoxy) is 3. The fraction of sp³-hybridized carbons (Fsp3) is 0.650. The van der Waals surface area contributed by atoms with Gasteiger partial charge in [-0.25, -0.2) is 23.2 Å². The number of nitrogens with one attached hydrogen (secondary N) is 3. The van der Waals surface area contributed by atoms with E-state index in [0.29, 0.717) is 73.3 Å². The number of rotatable bonds is 6. The van der Waals surface area contributed by atoms with Crippen LogP contribution in [-0.2, 0) is 35.6 Å². The van der Waals surface area contributed by atoms with E-state index in [1.807, 2.05) is 25.1 Å². The third-order valence-corrected chi connectivity index (χ3v) is 15.0. The number of allylic oxidation sites excluding steroid dienone is 1. The molecule has 0 aromatic carbocycles. The van der Waals surface area contributed by atoms with Gasteiger partial charge < -0.3 is 29.7 Å². The van der Waals surface area contributed by atoms with Crippen LogP contribution in [0.4, 0.5) is 4.79 Å². The molecule has 302 valence electrons. The van der Waals surface area contributed by atoms with Gasteiger partial charge in [0.2, 0.25) is 27.7 Å². The zero-order chi connectivity index (χ0) is 39.5. The molecule has 0 unspecified atom stereocenters. The fourth-order valence-corrected chi connectivity index (χ4v) is 10.3. The quantitative estimate of drug-likeness (QED) is 0.358. The van der Waals surface area contributed by atoms with Crippen LogP contribution in [0.25, 0.3) is 11.0 Å². The number of aryl methyl sites for hydroxylation is 2. The van der Waals surface area contributed by atoms with Gasteiger partial charge in [-0.05, 0) is 97.0 Å². The number of carbonyl (C=O) groups excluding carboxylic acids is 4. The molecule has 2 aromatic heterocycles. The number of alkyl carbamates (subject to hydrolysis) is 1. The molecule has 1 saturated heterocycles. The van der Waals surface area contributed by atoms with Gasteiger partial charge in [0, 0.05) is 24.0 Å². The SMILES string of the molecule is COc1ccc2nc(C)c3c(c2n1)CC[C@]1(C[C@H]2C(=O)N[C@]4(C(=O)NS(=O)(=O)C5(C)CC5)C[C@H]4/C=C\CCCCC[C@H](NC(=O)OC4CCCC4)C(=O)N2C1)O3. The molecule has 4 fully saturated rings. The Morgan fingerprint density at radius 2 is 1.79 bits per heavy atom. The smallest absolute Gasteiger partial charge is 0.408 e. The van der Waals surface area contributed by atoms with Crippen LogP contribution in [0, 0.1) is 12.8 Å². The van der Waals surface area contributed by atoms with E-state index >= 15 is 0 Å². The number of aromatic nitrogens is 2. The van der Waals surface area contributed by atoms with Crippen LogP contribution in [-0.4, -0.2) is 94.8 Å². The molecule has 5 atom stereocenters. The van der Waals surface area contributed by atoms with E-state index in [1.165, 1.54) is 4.90 Å². The number of fused-ring (bicyclic) bond motifs is 5. The normalized spacial score (nSPS) is 30.8. The first kappa shape index (κ1) is 38.4. The summed E-state index contributed by atoms with van der Waals surface area (Å²) in [6.07, 6.45) is 12.0. The highest BCUT2D eigenvalue weighted by Gasteiger charge is 2.64. The predicted molar refractivity (Wildman–Crippen MR) is 204 cm³/mol. The standard InChI is InChI=1S/C40H52N6O9S/c1-24-33-27(32-28(41-24)15-16-31(43-32)53-3)17-18-39(55-33)22-30-34(47)44-40(36(49)45-56(51,52)38(2)19-20-38)21-25(40)11-7-5-4-6-8-14-29(35(48)46(30)23-39)42-37(50)54-26-12-9-10-13-26/h7,11,15-16,25-26,29-30H,4-6,8-10,12-14,17-23H2,1-3H3,(H,42,50)(H,44,47)(H,45,49)/b11-7-/t25-,29+,30+,39-,40-/m1/s1. The van der Waals surface area contributed by atoms with E-state index in [-0.39, 0.29) is 25.5 Å². The van der Waals surface area contributed by atoms with E-state index in [4.69, 9.17) is 19.2 Å². The van der Waals surface area contributed by atoms with Gasteiger partial charge >= 0.3 is 6.09 Å². The van der Waals surface area contributed by atoms with Crippen molar-refractivity contribution in [1.29, 1.82) is 0 Å². The molecule has 3 saturated carbocycles. The Hall–Kier alpha value is -4.47. The van der Waals surface area contributed by atoms with Crippen LogP contribution in [0.2, 0.25) is 0 Å². The molecule has 6 aliphatic rings. The van der Waals surface area contributed by atoms with Crippen molar-refractivity contribution in [3.63, 3.8) is 0 Å². The first-order valence-electron chi connectivity index (χ1n) is 20.1. The summed E-state index contributed by atoms with van der Waals surface area (Å²) < 4.78 is 45.7. The molecule has 3 aliphatic carbocycles. The van der Waals surface area contributed by atoms with Crippen molar-refractivity contribution < 1.29 is 41.8 Å². The highest BCUT2D eigenvalue weighted by Crippen LogP contribution is 2.49. The van der Waals surface area contributed by atoms with E-state index in [1.54, 1.807) is 20.1 Å². The third-order valence-electron chi connectivity index (χ3n) is 12.9. The molecule has 56 heavy (non-hydrogen) atoms. The van der Waals surface area contributed by atoms with Crippen molar-refractivity contribution in [3.8, 4) is 11.6 Å². The van der Waals surface area contributed by atoms with E-state index in [0.717, 1.165) is 44.1 Å². The van der Waals surface area contributed by atoms with Crippen LogP contribution in [0.15, 0.2) is 24.3 Å². The molecule has 2 aromatic rings. The zero-order valence-electron chi connectivity index (χ0n) is 32.4. The number of hydrogen-bond acceptors (Lipinski definition) is 11. The molecular weight excluding hydrogens is 741 g/mol. The number of amides is 4. The Balaban J connectivity index is 1.12. The van der Waals surface area contributed by atoms with Crippen molar-refractivity contribution in [1.82, 2.24) is 30.2 Å². The fourth-order valence-electron chi connectivity index (χ4n) is 8.98. The molecule has 8 rings (SSSR count). The van der Waals surface area contributed by atoms with Gasteiger partial charge in [0.05, 0.1) is 35.1 Å². The van der Waals surface area contributed by atoms with Crippen molar-refractivity contribution in [2.45, 2.75) is 144 Å². The Kier molecular flexibility index (Phi) is 9.93. The zero-order valence-corrected chi connectivity index (χ0v) is 33.2. The molecule has 15 nitrogen and oxygen atoms in total. The second-order valence-corrected chi connectivity index (χ2v) is 19.1. The van der Waals surface area contributed by atoms with Crippen molar-refractivity contribution in [2.24, 2.45) is 5.92 Å². The summed E-state index contributed by atoms with van der Waals surface area (Å²) in [5, 5.41) is 5.80. The monoisotopic (exact) mass is 792 g/mol. The second kappa shape index (κ2) is 14.5. The summed E-state index contributed by atoms with van der Waals surface area (Å²) in [6, 6.07) is 1.54. The lowest BCUT2D eigenvalue weighted by Gasteiger charge is -2.36. The lowest BCUT2D eigenvalue weighted by Crippen LogP contribution is -2.58.